The molecule has 28 heavy (non-hydrogen) atoms. The van der Waals surface area contributed by atoms with Crippen LogP contribution in [0.25, 0.3) is 0 Å². The molecule has 0 unspecified atom stereocenters. The highest BCUT2D eigenvalue weighted by Gasteiger charge is 2.33. The molecule has 1 amide bonds. The third kappa shape index (κ3) is 4.41. The zero-order valence-corrected chi connectivity index (χ0v) is 16.8. The molecule has 1 fully saturated rings. The predicted molar refractivity (Wildman–Crippen MR) is 111 cm³/mol. The molecule has 0 heterocycles. The minimum absolute atomic E-state index is 0.204. The van der Waals surface area contributed by atoms with E-state index in [1.54, 1.807) is 6.07 Å². The summed E-state index contributed by atoms with van der Waals surface area (Å²) in [5, 5.41) is 3.37. The van der Waals surface area contributed by atoms with E-state index in [0.29, 0.717) is 28.6 Å². The van der Waals surface area contributed by atoms with Crippen molar-refractivity contribution in [2.24, 2.45) is 0 Å². The molecule has 1 aliphatic carbocycles. The van der Waals surface area contributed by atoms with E-state index in [9.17, 15) is 9.18 Å². The van der Waals surface area contributed by atoms with Crippen LogP contribution in [0.4, 0.5) is 10.1 Å². The summed E-state index contributed by atoms with van der Waals surface area (Å²) in [7, 11) is 1.49. The van der Waals surface area contributed by atoms with Gasteiger partial charge in [0.05, 0.1) is 23.4 Å². The zero-order valence-electron chi connectivity index (χ0n) is 16.1. The number of rotatable bonds is 5. The lowest BCUT2D eigenvalue weighted by molar-refractivity contribution is 0.0937. The summed E-state index contributed by atoms with van der Waals surface area (Å²) >= 11 is 6.10. The lowest BCUT2D eigenvalue weighted by Gasteiger charge is -2.34. The molecule has 0 spiro atoms. The lowest BCUT2D eigenvalue weighted by atomic mass is 9.74. The Bertz CT molecular complexity index is 831. The number of carbonyl (C=O) groups excluding carboxylic acids is 1. The lowest BCUT2D eigenvalue weighted by Crippen LogP contribution is -2.40. The van der Waals surface area contributed by atoms with Crippen molar-refractivity contribution in [3.63, 3.8) is 0 Å². The molecule has 0 aromatic heterocycles. The van der Waals surface area contributed by atoms with E-state index in [0.717, 1.165) is 31.2 Å². The van der Waals surface area contributed by atoms with Crippen molar-refractivity contribution in [1.29, 1.82) is 0 Å². The van der Waals surface area contributed by atoms with Gasteiger partial charge in [0.2, 0.25) is 0 Å². The topological polar surface area (TPSA) is 64.3 Å². The van der Waals surface area contributed by atoms with Gasteiger partial charge in [-0.25, -0.2) is 4.39 Å². The van der Waals surface area contributed by atoms with Gasteiger partial charge in [-0.15, -0.1) is 0 Å². The minimum Gasteiger partial charge on any atom is -0.496 e. The minimum atomic E-state index is -0.260. The quantitative estimate of drug-likeness (QED) is 0.538. The van der Waals surface area contributed by atoms with Crippen molar-refractivity contribution < 1.29 is 13.9 Å². The summed E-state index contributed by atoms with van der Waals surface area (Å²) < 4.78 is 18.7. The molecule has 0 radical (unpaired) electrons. The zero-order chi connectivity index (χ0) is 20.1. The number of anilines is 1. The van der Waals surface area contributed by atoms with E-state index in [1.165, 1.54) is 38.2 Å². The van der Waals surface area contributed by atoms with Crippen LogP contribution in [0.5, 0.6) is 5.75 Å². The normalized spacial score (nSPS) is 16.2. The molecule has 1 saturated carbocycles. The highest BCUT2D eigenvalue weighted by molar-refractivity contribution is 6.33. The van der Waals surface area contributed by atoms with Gasteiger partial charge in [-0.2, -0.15) is 0 Å². The van der Waals surface area contributed by atoms with Crippen LogP contribution in [0.1, 0.15) is 54.4 Å². The maximum absolute atomic E-state index is 13.4. The van der Waals surface area contributed by atoms with Crippen molar-refractivity contribution >= 4 is 23.2 Å². The highest BCUT2D eigenvalue weighted by atomic mass is 35.5. The second-order valence-electron chi connectivity index (χ2n) is 7.46. The summed E-state index contributed by atoms with van der Waals surface area (Å²) in [6, 6.07) is 9.75. The van der Waals surface area contributed by atoms with Gasteiger partial charge in [-0.3, -0.25) is 4.79 Å². The molecule has 3 rings (SSSR count). The molecule has 3 N–H and O–H groups in total. The largest absolute Gasteiger partial charge is 0.496 e. The molecule has 150 valence electrons. The maximum atomic E-state index is 13.4. The number of hydrogen-bond donors (Lipinski definition) is 2. The third-order valence-corrected chi connectivity index (χ3v) is 6.00. The van der Waals surface area contributed by atoms with Gasteiger partial charge in [0.25, 0.3) is 5.91 Å². The molecule has 0 saturated heterocycles. The van der Waals surface area contributed by atoms with Gasteiger partial charge in [0.15, 0.2) is 0 Å². The first-order valence-electron chi connectivity index (χ1n) is 9.62. The smallest absolute Gasteiger partial charge is 0.255 e. The molecule has 1 aliphatic rings. The Kier molecular flexibility index (Phi) is 6.45. The van der Waals surface area contributed by atoms with Crippen LogP contribution in [0, 0.1) is 5.82 Å². The van der Waals surface area contributed by atoms with Crippen LogP contribution in [-0.2, 0) is 5.41 Å². The third-order valence-electron chi connectivity index (χ3n) is 5.67. The number of carbonyl (C=O) groups is 1. The van der Waals surface area contributed by atoms with Gasteiger partial charge in [-0.1, -0.05) is 49.4 Å². The SMILES string of the molecule is COc1cc(N)c(Cl)cc1C(=O)NCC1(c2ccc(F)cc2)CCCCCC1. The summed E-state index contributed by atoms with van der Waals surface area (Å²) in [6.07, 6.45) is 6.45. The van der Waals surface area contributed by atoms with Gasteiger partial charge in [0.1, 0.15) is 11.6 Å². The fraction of sp³-hybridized carbons (Fsp3) is 0.409. The first-order chi connectivity index (χ1) is 13.4. The molecular formula is C22H26ClFN2O2. The van der Waals surface area contributed by atoms with Crippen molar-refractivity contribution in [2.45, 2.75) is 43.9 Å². The van der Waals surface area contributed by atoms with Crippen molar-refractivity contribution in [3.8, 4) is 5.75 Å². The number of methoxy groups -OCH3 is 1. The maximum Gasteiger partial charge on any atom is 0.255 e. The Morgan fingerprint density at radius 1 is 1.18 bits per heavy atom. The Morgan fingerprint density at radius 2 is 1.82 bits per heavy atom. The number of nitrogens with two attached hydrogens (primary N) is 1. The van der Waals surface area contributed by atoms with Gasteiger partial charge >= 0.3 is 0 Å². The average Bonchev–Trinajstić information content (AvgIpc) is 2.95. The number of halogens is 2. The first kappa shape index (κ1) is 20.5. The predicted octanol–water partition coefficient (Wildman–Crippen LogP) is 5.09. The highest BCUT2D eigenvalue weighted by Crippen LogP contribution is 2.38. The van der Waals surface area contributed by atoms with Crippen molar-refractivity contribution in [2.75, 3.05) is 19.4 Å². The number of ether oxygens (including phenoxy) is 1. The van der Waals surface area contributed by atoms with E-state index < -0.39 is 0 Å². The molecule has 0 bridgehead atoms. The van der Waals surface area contributed by atoms with E-state index >= 15 is 0 Å². The Morgan fingerprint density at radius 3 is 2.43 bits per heavy atom. The molecular weight excluding hydrogens is 379 g/mol. The van der Waals surface area contributed by atoms with E-state index in [-0.39, 0.29) is 17.1 Å². The molecule has 0 aliphatic heterocycles. The van der Waals surface area contributed by atoms with E-state index in [2.05, 4.69) is 5.32 Å². The van der Waals surface area contributed by atoms with Crippen LogP contribution in [0.3, 0.4) is 0 Å². The molecule has 2 aromatic rings. The fourth-order valence-electron chi connectivity index (χ4n) is 4.04. The average molecular weight is 405 g/mol. The van der Waals surface area contributed by atoms with Crippen LogP contribution >= 0.6 is 11.6 Å². The molecule has 6 heteroatoms. The Labute approximate surface area is 170 Å². The van der Waals surface area contributed by atoms with E-state index in [1.807, 2.05) is 12.1 Å². The van der Waals surface area contributed by atoms with Crippen LogP contribution in [0.2, 0.25) is 5.02 Å². The van der Waals surface area contributed by atoms with Crippen LogP contribution < -0.4 is 15.8 Å². The van der Waals surface area contributed by atoms with Crippen LogP contribution in [0.15, 0.2) is 36.4 Å². The number of benzene rings is 2. The fourth-order valence-corrected chi connectivity index (χ4v) is 4.20. The molecule has 2 aromatic carbocycles. The second-order valence-corrected chi connectivity index (χ2v) is 7.87. The van der Waals surface area contributed by atoms with Crippen LogP contribution in [-0.4, -0.2) is 19.6 Å². The summed E-state index contributed by atoms with van der Waals surface area (Å²) in [6.45, 7) is 0.475. The number of amides is 1. The first-order valence-corrected chi connectivity index (χ1v) is 10.0. The monoisotopic (exact) mass is 404 g/mol. The summed E-state index contributed by atoms with van der Waals surface area (Å²) in [4.78, 5) is 12.9. The van der Waals surface area contributed by atoms with Gasteiger partial charge < -0.3 is 15.8 Å². The number of nitrogens with one attached hydrogen (secondary N) is 1. The number of hydrogen-bond acceptors (Lipinski definition) is 3. The Hall–Kier alpha value is -2.27. The van der Waals surface area contributed by atoms with Crippen molar-refractivity contribution in [3.05, 3.63) is 58.4 Å². The molecule has 0 atom stereocenters. The van der Waals surface area contributed by atoms with Crippen molar-refractivity contribution in [1.82, 2.24) is 5.32 Å². The number of nitrogen functional groups attached to an aromatic ring is 1. The van der Waals surface area contributed by atoms with Gasteiger partial charge in [-0.05, 0) is 36.6 Å². The van der Waals surface area contributed by atoms with Gasteiger partial charge in [0, 0.05) is 18.0 Å². The second kappa shape index (κ2) is 8.82. The summed E-state index contributed by atoms with van der Waals surface area (Å²) in [5.41, 5.74) is 7.39. The Balaban J connectivity index is 1.85. The summed E-state index contributed by atoms with van der Waals surface area (Å²) in [5.74, 6) is -0.126. The molecule has 4 nitrogen and oxygen atoms in total. The standard InChI is InChI=1S/C22H26ClFN2O2/c1-28-20-13-19(25)18(23)12-17(20)21(27)26-14-22(10-4-2-3-5-11-22)15-6-8-16(24)9-7-15/h6-9,12-13H,2-5,10-11,14,25H2,1H3,(H,26,27). The van der Waals surface area contributed by atoms with E-state index in [4.69, 9.17) is 22.1 Å².